The number of aromatic hydroxyl groups is 1. The molecule has 0 spiro atoms. The van der Waals surface area contributed by atoms with Crippen LogP contribution in [0.3, 0.4) is 0 Å². The molecule has 0 aliphatic rings. The zero-order valence-electron chi connectivity index (χ0n) is 11.0. The highest BCUT2D eigenvalue weighted by molar-refractivity contribution is 5.92. The Morgan fingerprint density at radius 2 is 2.06 bits per heavy atom. The first-order valence-electron chi connectivity index (χ1n) is 6.30. The molecule has 0 bridgehead atoms. The summed E-state index contributed by atoms with van der Waals surface area (Å²) in [6.45, 7) is 4.74. The van der Waals surface area contributed by atoms with Crippen LogP contribution < -0.4 is 11.1 Å². The second kappa shape index (κ2) is 7.01. The first-order chi connectivity index (χ1) is 8.52. The van der Waals surface area contributed by atoms with Crippen LogP contribution in [-0.4, -0.2) is 17.6 Å². The average molecular weight is 250 g/mol. The van der Waals surface area contributed by atoms with Crippen LogP contribution in [0.15, 0.2) is 24.3 Å². The number of phenolic OH excluding ortho intramolecular Hbond substituents is 1. The Morgan fingerprint density at radius 3 is 2.61 bits per heavy atom. The summed E-state index contributed by atoms with van der Waals surface area (Å²) in [7, 11) is 0. The SMILES string of the molecule is CC(C)CC(CN)CC(=O)Nc1ccccc1O. The van der Waals surface area contributed by atoms with Crippen molar-refractivity contribution in [1.29, 1.82) is 0 Å². The standard InChI is InChI=1S/C14H22N2O2/c1-10(2)7-11(9-15)8-14(18)16-12-5-3-4-6-13(12)17/h3-6,10-11,17H,7-9,15H2,1-2H3,(H,16,18). The van der Waals surface area contributed by atoms with Crippen LogP contribution in [0.1, 0.15) is 26.7 Å². The molecule has 0 aliphatic heterocycles. The lowest BCUT2D eigenvalue weighted by Gasteiger charge is -2.16. The van der Waals surface area contributed by atoms with Crippen molar-refractivity contribution in [3.8, 4) is 5.75 Å². The molecule has 0 aliphatic carbocycles. The van der Waals surface area contributed by atoms with E-state index in [1.165, 1.54) is 0 Å². The first-order valence-corrected chi connectivity index (χ1v) is 6.30. The molecule has 4 nitrogen and oxygen atoms in total. The number of benzene rings is 1. The second-order valence-corrected chi connectivity index (χ2v) is 5.00. The van der Waals surface area contributed by atoms with Crippen molar-refractivity contribution in [2.24, 2.45) is 17.6 Å². The predicted molar refractivity (Wildman–Crippen MR) is 73.4 cm³/mol. The van der Waals surface area contributed by atoms with Gasteiger partial charge in [0.1, 0.15) is 5.75 Å². The van der Waals surface area contributed by atoms with Gasteiger partial charge >= 0.3 is 0 Å². The molecular weight excluding hydrogens is 228 g/mol. The van der Waals surface area contributed by atoms with E-state index < -0.39 is 0 Å². The van der Waals surface area contributed by atoms with E-state index in [4.69, 9.17) is 5.73 Å². The molecule has 1 atom stereocenters. The van der Waals surface area contributed by atoms with Gasteiger partial charge in [-0.25, -0.2) is 0 Å². The summed E-state index contributed by atoms with van der Waals surface area (Å²) in [6, 6.07) is 6.70. The number of para-hydroxylation sites is 2. The van der Waals surface area contributed by atoms with Gasteiger partial charge in [-0.1, -0.05) is 26.0 Å². The highest BCUT2D eigenvalue weighted by atomic mass is 16.3. The average Bonchev–Trinajstić information content (AvgIpc) is 2.30. The summed E-state index contributed by atoms with van der Waals surface area (Å²) in [4.78, 5) is 11.8. The predicted octanol–water partition coefficient (Wildman–Crippen LogP) is 2.34. The van der Waals surface area contributed by atoms with E-state index in [-0.39, 0.29) is 17.6 Å². The Balaban J connectivity index is 2.53. The molecule has 1 amide bonds. The van der Waals surface area contributed by atoms with E-state index in [9.17, 15) is 9.90 Å². The van der Waals surface area contributed by atoms with Crippen LogP contribution in [0.25, 0.3) is 0 Å². The quantitative estimate of drug-likeness (QED) is 0.678. The lowest BCUT2D eigenvalue weighted by molar-refractivity contribution is -0.117. The molecule has 1 aromatic rings. The van der Waals surface area contributed by atoms with Gasteiger partial charge in [-0.05, 0) is 36.9 Å². The number of hydrogen-bond donors (Lipinski definition) is 3. The van der Waals surface area contributed by atoms with Crippen molar-refractivity contribution in [3.05, 3.63) is 24.3 Å². The van der Waals surface area contributed by atoms with Crippen molar-refractivity contribution < 1.29 is 9.90 Å². The van der Waals surface area contributed by atoms with Gasteiger partial charge in [-0.2, -0.15) is 0 Å². The number of rotatable bonds is 6. The Labute approximate surface area is 108 Å². The summed E-state index contributed by atoms with van der Waals surface area (Å²) < 4.78 is 0. The number of anilines is 1. The molecule has 1 unspecified atom stereocenters. The van der Waals surface area contributed by atoms with Crippen LogP contribution in [0.4, 0.5) is 5.69 Å². The maximum atomic E-state index is 11.8. The summed E-state index contributed by atoms with van der Waals surface area (Å²) in [5, 5.41) is 12.3. The number of phenols is 1. The monoisotopic (exact) mass is 250 g/mol. The van der Waals surface area contributed by atoms with Gasteiger partial charge in [-0.3, -0.25) is 4.79 Å². The van der Waals surface area contributed by atoms with Crippen molar-refractivity contribution in [2.75, 3.05) is 11.9 Å². The van der Waals surface area contributed by atoms with Crippen molar-refractivity contribution in [3.63, 3.8) is 0 Å². The minimum absolute atomic E-state index is 0.0824. The molecule has 0 saturated heterocycles. The maximum absolute atomic E-state index is 11.8. The molecule has 4 heteroatoms. The minimum atomic E-state index is -0.104. The van der Waals surface area contributed by atoms with Crippen LogP contribution >= 0.6 is 0 Å². The Hall–Kier alpha value is -1.55. The third-order valence-electron chi connectivity index (χ3n) is 2.79. The van der Waals surface area contributed by atoms with Crippen LogP contribution in [0.2, 0.25) is 0 Å². The van der Waals surface area contributed by atoms with Gasteiger partial charge in [0.2, 0.25) is 5.91 Å². The third-order valence-corrected chi connectivity index (χ3v) is 2.79. The number of amides is 1. The fourth-order valence-corrected chi connectivity index (χ4v) is 1.97. The number of nitrogens with two attached hydrogens (primary N) is 1. The molecule has 0 radical (unpaired) electrons. The summed E-state index contributed by atoms with van der Waals surface area (Å²) >= 11 is 0. The van der Waals surface area contributed by atoms with Gasteiger partial charge in [0.15, 0.2) is 0 Å². The van der Waals surface area contributed by atoms with E-state index in [0.29, 0.717) is 24.6 Å². The zero-order chi connectivity index (χ0) is 13.5. The molecule has 100 valence electrons. The zero-order valence-corrected chi connectivity index (χ0v) is 11.0. The van der Waals surface area contributed by atoms with Crippen molar-refractivity contribution >= 4 is 11.6 Å². The van der Waals surface area contributed by atoms with Gasteiger partial charge in [0.05, 0.1) is 5.69 Å². The van der Waals surface area contributed by atoms with Crippen LogP contribution in [0.5, 0.6) is 5.75 Å². The third kappa shape index (κ3) is 4.75. The maximum Gasteiger partial charge on any atom is 0.224 e. The summed E-state index contributed by atoms with van der Waals surface area (Å²) in [6.07, 6.45) is 1.33. The molecule has 0 fully saturated rings. The number of carbonyl (C=O) groups excluding carboxylic acids is 1. The number of hydrogen-bond acceptors (Lipinski definition) is 3. The number of nitrogens with one attached hydrogen (secondary N) is 1. The molecule has 4 N–H and O–H groups in total. The lowest BCUT2D eigenvalue weighted by atomic mass is 9.94. The van der Waals surface area contributed by atoms with E-state index in [1.807, 2.05) is 0 Å². The highest BCUT2D eigenvalue weighted by Crippen LogP contribution is 2.22. The van der Waals surface area contributed by atoms with Crippen molar-refractivity contribution in [2.45, 2.75) is 26.7 Å². The smallest absolute Gasteiger partial charge is 0.224 e. The molecule has 1 rings (SSSR count). The topological polar surface area (TPSA) is 75.4 Å². The molecule has 0 heterocycles. The van der Waals surface area contributed by atoms with E-state index >= 15 is 0 Å². The lowest BCUT2D eigenvalue weighted by Crippen LogP contribution is -2.23. The first kappa shape index (κ1) is 14.5. The summed E-state index contributed by atoms with van der Waals surface area (Å²) in [5.41, 5.74) is 6.11. The van der Waals surface area contributed by atoms with Crippen LogP contribution in [0, 0.1) is 11.8 Å². The van der Waals surface area contributed by atoms with E-state index in [2.05, 4.69) is 19.2 Å². The minimum Gasteiger partial charge on any atom is -0.506 e. The van der Waals surface area contributed by atoms with Gasteiger partial charge in [0, 0.05) is 6.42 Å². The second-order valence-electron chi connectivity index (χ2n) is 5.00. The molecule has 0 saturated carbocycles. The highest BCUT2D eigenvalue weighted by Gasteiger charge is 2.14. The fraction of sp³-hybridized carbons (Fsp3) is 0.500. The number of carbonyl (C=O) groups is 1. The van der Waals surface area contributed by atoms with E-state index in [0.717, 1.165) is 6.42 Å². The van der Waals surface area contributed by atoms with Crippen LogP contribution in [-0.2, 0) is 4.79 Å². The van der Waals surface area contributed by atoms with Gasteiger partial charge < -0.3 is 16.2 Å². The van der Waals surface area contributed by atoms with Gasteiger partial charge in [-0.15, -0.1) is 0 Å². The fourth-order valence-electron chi connectivity index (χ4n) is 1.97. The molecular formula is C14H22N2O2. The Bertz CT molecular complexity index is 391. The Morgan fingerprint density at radius 1 is 1.39 bits per heavy atom. The normalized spacial score (nSPS) is 12.4. The van der Waals surface area contributed by atoms with E-state index in [1.54, 1.807) is 24.3 Å². The molecule has 0 aromatic heterocycles. The Kier molecular flexibility index (Phi) is 5.65. The van der Waals surface area contributed by atoms with Gasteiger partial charge in [0.25, 0.3) is 0 Å². The summed E-state index contributed by atoms with van der Waals surface area (Å²) in [5.74, 6) is 0.693. The molecule has 18 heavy (non-hydrogen) atoms. The van der Waals surface area contributed by atoms with Crippen molar-refractivity contribution in [1.82, 2.24) is 0 Å². The molecule has 1 aromatic carbocycles. The largest absolute Gasteiger partial charge is 0.506 e.